The molecule has 1 aromatic rings. The van der Waals surface area contributed by atoms with Crippen molar-refractivity contribution in [3.63, 3.8) is 0 Å². The van der Waals surface area contributed by atoms with Crippen LogP contribution in [0.4, 0.5) is 0 Å². The van der Waals surface area contributed by atoms with Crippen molar-refractivity contribution in [3.8, 4) is 0 Å². The van der Waals surface area contributed by atoms with Crippen molar-refractivity contribution in [1.29, 1.82) is 0 Å². The highest BCUT2D eigenvalue weighted by molar-refractivity contribution is 5.88. The molecule has 1 saturated heterocycles. The Balaban J connectivity index is 1.63. The molecule has 0 spiro atoms. The monoisotopic (exact) mass is 347 g/mol. The van der Waals surface area contributed by atoms with Crippen molar-refractivity contribution in [2.75, 3.05) is 20.1 Å². The fourth-order valence-electron chi connectivity index (χ4n) is 3.92. The van der Waals surface area contributed by atoms with E-state index >= 15 is 0 Å². The molecule has 0 unspecified atom stereocenters. The minimum Gasteiger partial charge on any atom is -0.465 e. The first kappa shape index (κ1) is 18.0. The summed E-state index contributed by atoms with van der Waals surface area (Å²) >= 11 is 0. The molecule has 6 nitrogen and oxygen atoms in total. The van der Waals surface area contributed by atoms with Crippen molar-refractivity contribution in [2.45, 2.75) is 64.1 Å². The topological polar surface area (TPSA) is 65.8 Å². The van der Waals surface area contributed by atoms with Gasteiger partial charge >= 0.3 is 0 Å². The van der Waals surface area contributed by atoms with E-state index in [1.165, 1.54) is 19.3 Å². The van der Waals surface area contributed by atoms with E-state index in [4.69, 9.17) is 4.42 Å². The van der Waals surface area contributed by atoms with Gasteiger partial charge in [0.15, 0.2) is 0 Å². The molecule has 0 aromatic carbocycles. The first-order chi connectivity index (χ1) is 12.0. The van der Waals surface area contributed by atoms with E-state index in [0.29, 0.717) is 19.1 Å². The summed E-state index contributed by atoms with van der Waals surface area (Å²) < 4.78 is 5.65. The molecule has 3 rings (SSSR count). The lowest BCUT2D eigenvalue weighted by molar-refractivity contribution is -0.140. The lowest BCUT2D eigenvalue weighted by Gasteiger charge is -2.36. The minimum absolute atomic E-state index is 0.0556. The number of hydrogen-bond donors (Lipinski definition) is 1. The van der Waals surface area contributed by atoms with E-state index in [9.17, 15) is 9.59 Å². The number of hydrogen-bond acceptors (Lipinski definition) is 4. The number of nitrogens with one attached hydrogen (secondary N) is 1. The third kappa shape index (κ3) is 4.42. The molecule has 6 heteroatoms. The van der Waals surface area contributed by atoms with Crippen LogP contribution in [0.3, 0.4) is 0 Å². The van der Waals surface area contributed by atoms with Gasteiger partial charge in [-0.2, -0.15) is 0 Å². The number of carbonyl (C=O) groups excluding carboxylic acids is 2. The summed E-state index contributed by atoms with van der Waals surface area (Å²) in [5, 5.41) is 2.89. The highest BCUT2D eigenvalue weighted by Crippen LogP contribution is 2.23. The van der Waals surface area contributed by atoms with Crippen LogP contribution in [0.5, 0.6) is 0 Å². The molecule has 2 heterocycles. The molecule has 2 aliphatic rings. The first-order valence-electron chi connectivity index (χ1n) is 9.37. The van der Waals surface area contributed by atoms with Gasteiger partial charge in [-0.1, -0.05) is 19.3 Å². The van der Waals surface area contributed by atoms with E-state index in [1.807, 2.05) is 31.0 Å². The number of piperazine rings is 1. The number of furan rings is 1. The normalized spacial score (nSPS) is 22.6. The molecule has 1 aliphatic heterocycles. The molecule has 1 aromatic heterocycles. The lowest BCUT2D eigenvalue weighted by atomic mass is 9.94. The Morgan fingerprint density at radius 2 is 2.08 bits per heavy atom. The van der Waals surface area contributed by atoms with Crippen molar-refractivity contribution in [2.24, 2.45) is 0 Å². The maximum atomic E-state index is 12.8. The molecule has 25 heavy (non-hydrogen) atoms. The highest BCUT2D eigenvalue weighted by atomic mass is 16.3. The average molecular weight is 347 g/mol. The third-order valence-corrected chi connectivity index (χ3v) is 5.48. The van der Waals surface area contributed by atoms with Gasteiger partial charge < -0.3 is 14.6 Å². The van der Waals surface area contributed by atoms with E-state index in [2.05, 4.69) is 10.2 Å². The van der Waals surface area contributed by atoms with Gasteiger partial charge in [0.25, 0.3) is 0 Å². The van der Waals surface area contributed by atoms with E-state index < -0.39 is 6.04 Å². The van der Waals surface area contributed by atoms with Crippen LogP contribution in [0, 0.1) is 6.92 Å². The summed E-state index contributed by atoms with van der Waals surface area (Å²) in [5.41, 5.74) is 0. The van der Waals surface area contributed by atoms with Crippen LogP contribution in [0.15, 0.2) is 16.5 Å². The van der Waals surface area contributed by atoms with Crippen LogP contribution in [-0.2, 0) is 16.1 Å². The van der Waals surface area contributed by atoms with Crippen LogP contribution < -0.4 is 5.32 Å². The number of rotatable bonds is 5. The van der Waals surface area contributed by atoms with Crippen molar-refractivity contribution < 1.29 is 14.0 Å². The van der Waals surface area contributed by atoms with Gasteiger partial charge in [0, 0.05) is 26.2 Å². The van der Waals surface area contributed by atoms with Crippen LogP contribution in [0.1, 0.15) is 50.0 Å². The number of aryl methyl sites for hydroxylation is 1. The molecule has 1 saturated carbocycles. The maximum Gasteiger partial charge on any atom is 0.237 e. The Morgan fingerprint density at radius 1 is 1.32 bits per heavy atom. The quantitative estimate of drug-likeness (QED) is 0.885. The molecular weight excluding hydrogens is 318 g/mol. The van der Waals surface area contributed by atoms with Gasteiger partial charge in [0.1, 0.15) is 11.5 Å². The van der Waals surface area contributed by atoms with Gasteiger partial charge in [0.05, 0.1) is 19.0 Å². The van der Waals surface area contributed by atoms with Crippen LogP contribution in [0.2, 0.25) is 0 Å². The number of carbonyl (C=O) groups is 2. The Kier molecular flexibility index (Phi) is 5.78. The van der Waals surface area contributed by atoms with Crippen molar-refractivity contribution >= 4 is 11.8 Å². The highest BCUT2D eigenvalue weighted by Gasteiger charge is 2.34. The molecular formula is C19H29N3O3. The number of nitrogens with zero attached hydrogens (tertiary/aromatic N) is 2. The molecule has 1 atom stereocenters. The SMILES string of the molecule is Cc1ccc(CN2CCNC(=O)[C@H]2CC(=O)N(C)C2CCCCC2)o1. The van der Waals surface area contributed by atoms with Crippen LogP contribution in [0.25, 0.3) is 0 Å². The van der Waals surface area contributed by atoms with Gasteiger partial charge in [-0.25, -0.2) is 0 Å². The second-order valence-electron chi connectivity index (χ2n) is 7.29. The zero-order valence-corrected chi connectivity index (χ0v) is 15.3. The minimum atomic E-state index is -0.419. The fraction of sp³-hybridized carbons (Fsp3) is 0.684. The second kappa shape index (κ2) is 8.04. The van der Waals surface area contributed by atoms with Gasteiger partial charge in [-0.3, -0.25) is 14.5 Å². The molecule has 2 fully saturated rings. The van der Waals surface area contributed by atoms with Gasteiger partial charge in [-0.15, -0.1) is 0 Å². The molecule has 138 valence electrons. The summed E-state index contributed by atoms with van der Waals surface area (Å²) in [6.45, 7) is 3.82. The predicted molar refractivity (Wildman–Crippen MR) is 94.9 cm³/mol. The third-order valence-electron chi connectivity index (χ3n) is 5.48. The Bertz CT molecular complexity index is 607. The average Bonchev–Trinajstić information content (AvgIpc) is 3.03. The summed E-state index contributed by atoms with van der Waals surface area (Å²) in [6.07, 6.45) is 6.04. The van der Waals surface area contributed by atoms with Crippen LogP contribution >= 0.6 is 0 Å². The van der Waals surface area contributed by atoms with Gasteiger partial charge in [-0.05, 0) is 31.9 Å². The Hall–Kier alpha value is -1.82. The maximum absolute atomic E-state index is 12.8. The smallest absolute Gasteiger partial charge is 0.237 e. The number of amides is 2. The summed E-state index contributed by atoms with van der Waals surface area (Å²) in [7, 11) is 1.89. The molecule has 2 amide bonds. The predicted octanol–water partition coefficient (Wildman–Crippen LogP) is 2.07. The zero-order chi connectivity index (χ0) is 17.8. The second-order valence-corrected chi connectivity index (χ2v) is 7.29. The first-order valence-corrected chi connectivity index (χ1v) is 9.37. The molecule has 1 N–H and O–H groups in total. The largest absolute Gasteiger partial charge is 0.465 e. The Morgan fingerprint density at radius 3 is 2.76 bits per heavy atom. The van der Waals surface area contributed by atoms with Gasteiger partial charge in [0.2, 0.25) is 11.8 Å². The molecule has 0 bridgehead atoms. The zero-order valence-electron chi connectivity index (χ0n) is 15.3. The fourth-order valence-corrected chi connectivity index (χ4v) is 3.92. The van der Waals surface area contributed by atoms with E-state index in [-0.39, 0.29) is 18.2 Å². The van der Waals surface area contributed by atoms with E-state index in [1.54, 1.807) is 0 Å². The standard InChI is InChI=1S/C19H29N3O3/c1-14-8-9-16(25-14)13-22-11-10-20-19(24)17(22)12-18(23)21(2)15-6-4-3-5-7-15/h8-9,15,17H,3-7,10-13H2,1-2H3,(H,20,24)/t17-/m1/s1. The van der Waals surface area contributed by atoms with E-state index in [0.717, 1.165) is 30.9 Å². The summed E-state index contributed by atoms with van der Waals surface area (Å²) in [6, 6.07) is 3.78. The molecule has 1 aliphatic carbocycles. The van der Waals surface area contributed by atoms with Crippen molar-refractivity contribution in [1.82, 2.24) is 15.1 Å². The van der Waals surface area contributed by atoms with Crippen LogP contribution in [-0.4, -0.2) is 53.8 Å². The summed E-state index contributed by atoms with van der Waals surface area (Å²) in [4.78, 5) is 29.1. The molecule has 0 radical (unpaired) electrons. The Labute approximate surface area is 149 Å². The van der Waals surface area contributed by atoms with Crippen molar-refractivity contribution in [3.05, 3.63) is 23.7 Å². The summed E-state index contributed by atoms with van der Waals surface area (Å²) in [5.74, 6) is 1.71. The lowest BCUT2D eigenvalue weighted by Crippen LogP contribution is -2.56.